The zero-order chi connectivity index (χ0) is 8.27. The second-order valence-electron chi connectivity index (χ2n) is 2.65. The van der Waals surface area contributed by atoms with Gasteiger partial charge in [-0.2, -0.15) is 0 Å². The van der Waals surface area contributed by atoms with Gasteiger partial charge in [0.2, 0.25) is 5.91 Å². The number of rotatable bonds is 2. The van der Waals surface area contributed by atoms with Gasteiger partial charge in [-0.15, -0.1) is 0 Å². The highest BCUT2D eigenvalue weighted by molar-refractivity contribution is 5.79. The third-order valence-electron chi connectivity index (χ3n) is 2.03. The monoisotopic (exact) mass is 158 g/mol. The average molecular weight is 158 g/mol. The Morgan fingerprint density at radius 1 is 1.45 bits per heavy atom. The van der Waals surface area contributed by atoms with Crippen LogP contribution in [0.1, 0.15) is 0 Å². The summed E-state index contributed by atoms with van der Waals surface area (Å²) in [4.78, 5) is 11.2. The summed E-state index contributed by atoms with van der Waals surface area (Å²) in [5.41, 5.74) is 0. The molecule has 1 fully saturated rings. The molecule has 2 atom stereocenters. The molecule has 0 aliphatic carbocycles. The van der Waals surface area contributed by atoms with Gasteiger partial charge >= 0.3 is 0 Å². The Bertz CT molecular complexity index is 149. The van der Waals surface area contributed by atoms with E-state index in [0.29, 0.717) is 13.2 Å². The standard InChI is InChI=1S/C7H14N2O2/c1-8-6-4-11-3-5(6)7(10)9-2/h5-6,8H,3-4H2,1-2H3,(H,9,10). The first kappa shape index (κ1) is 8.49. The molecule has 1 heterocycles. The van der Waals surface area contributed by atoms with E-state index in [1.165, 1.54) is 0 Å². The molecule has 0 radical (unpaired) electrons. The van der Waals surface area contributed by atoms with Gasteiger partial charge in [0.15, 0.2) is 0 Å². The minimum Gasteiger partial charge on any atom is -0.379 e. The predicted molar refractivity (Wildman–Crippen MR) is 41.2 cm³/mol. The minimum atomic E-state index is -0.0231. The number of likely N-dealkylation sites (N-methyl/N-ethyl adjacent to an activating group) is 1. The molecule has 0 aromatic carbocycles. The molecule has 64 valence electrons. The summed E-state index contributed by atoms with van der Waals surface area (Å²) in [5.74, 6) is 0.0341. The van der Waals surface area contributed by atoms with Crippen LogP contribution in [0.25, 0.3) is 0 Å². The molecule has 0 saturated carbocycles. The maximum absolute atomic E-state index is 11.2. The molecule has 0 aromatic heterocycles. The van der Waals surface area contributed by atoms with Gasteiger partial charge in [-0.25, -0.2) is 0 Å². The molecule has 1 rings (SSSR count). The summed E-state index contributed by atoms with van der Waals surface area (Å²) >= 11 is 0. The van der Waals surface area contributed by atoms with Gasteiger partial charge in [-0.05, 0) is 7.05 Å². The number of carbonyl (C=O) groups excluding carboxylic acids is 1. The Balaban J connectivity index is 2.49. The Hall–Kier alpha value is -0.610. The third-order valence-corrected chi connectivity index (χ3v) is 2.03. The van der Waals surface area contributed by atoms with Crippen molar-refractivity contribution in [3.05, 3.63) is 0 Å². The minimum absolute atomic E-state index is 0.0231. The number of hydrogen-bond donors (Lipinski definition) is 2. The van der Waals surface area contributed by atoms with Crippen LogP contribution < -0.4 is 10.6 Å². The fourth-order valence-electron chi connectivity index (χ4n) is 1.28. The molecule has 1 aliphatic heterocycles. The lowest BCUT2D eigenvalue weighted by Gasteiger charge is -2.14. The van der Waals surface area contributed by atoms with Gasteiger partial charge < -0.3 is 15.4 Å². The van der Waals surface area contributed by atoms with Crippen molar-refractivity contribution >= 4 is 5.91 Å². The van der Waals surface area contributed by atoms with Crippen LogP contribution in [0.4, 0.5) is 0 Å². The zero-order valence-electron chi connectivity index (χ0n) is 6.89. The molecular formula is C7H14N2O2. The van der Waals surface area contributed by atoms with Crippen molar-refractivity contribution in [3.63, 3.8) is 0 Å². The normalized spacial score (nSPS) is 30.4. The van der Waals surface area contributed by atoms with Gasteiger partial charge in [0.05, 0.1) is 19.1 Å². The highest BCUT2D eigenvalue weighted by Crippen LogP contribution is 2.12. The average Bonchev–Trinajstić information content (AvgIpc) is 2.50. The summed E-state index contributed by atoms with van der Waals surface area (Å²) in [6.07, 6.45) is 0. The lowest BCUT2D eigenvalue weighted by Crippen LogP contribution is -2.41. The second kappa shape index (κ2) is 3.69. The van der Waals surface area contributed by atoms with Gasteiger partial charge in [0.1, 0.15) is 0 Å². The molecule has 0 spiro atoms. The Kier molecular flexibility index (Phi) is 2.84. The van der Waals surface area contributed by atoms with Crippen molar-refractivity contribution in [1.82, 2.24) is 10.6 Å². The topological polar surface area (TPSA) is 50.4 Å². The molecule has 0 bridgehead atoms. The number of hydrogen-bond acceptors (Lipinski definition) is 3. The van der Waals surface area contributed by atoms with Crippen molar-refractivity contribution in [2.24, 2.45) is 5.92 Å². The molecular weight excluding hydrogens is 144 g/mol. The first-order valence-corrected chi connectivity index (χ1v) is 3.76. The molecule has 1 amide bonds. The summed E-state index contributed by atoms with van der Waals surface area (Å²) in [5, 5.41) is 5.66. The third kappa shape index (κ3) is 1.70. The Labute approximate surface area is 66.3 Å². The first-order valence-electron chi connectivity index (χ1n) is 3.76. The Morgan fingerprint density at radius 2 is 2.18 bits per heavy atom. The largest absolute Gasteiger partial charge is 0.379 e. The van der Waals surface area contributed by atoms with Gasteiger partial charge in [0.25, 0.3) is 0 Å². The van der Waals surface area contributed by atoms with E-state index in [1.807, 2.05) is 7.05 Å². The molecule has 2 N–H and O–H groups in total. The van der Waals surface area contributed by atoms with E-state index in [2.05, 4.69) is 10.6 Å². The molecule has 1 saturated heterocycles. The first-order chi connectivity index (χ1) is 5.29. The number of nitrogens with one attached hydrogen (secondary N) is 2. The maximum atomic E-state index is 11.2. The fourth-order valence-corrected chi connectivity index (χ4v) is 1.28. The van der Waals surface area contributed by atoms with E-state index in [-0.39, 0.29) is 17.9 Å². The van der Waals surface area contributed by atoms with Crippen LogP contribution in [0.2, 0.25) is 0 Å². The van der Waals surface area contributed by atoms with Crippen LogP contribution in [0.5, 0.6) is 0 Å². The highest BCUT2D eigenvalue weighted by atomic mass is 16.5. The molecule has 4 heteroatoms. The summed E-state index contributed by atoms with van der Waals surface area (Å²) in [6.45, 7) is 1.17. The van der Waals surface area contributed by atoms with E-state index in [0.717, 1.165) is 0 Å². The summed E-state index contributed by atoms with van der Waals surface area (Å²) < 4.78 is 5.16. The van der Waals surface area contributed by atoms with Crippen LogP contribution in [0.15, 0.2) is 0 Å². The summed E-state index contributed by atoms with van der Waals surface area (Å²) in [7, 11) is 3.49. The summed E-state index contributed by atoms with van der Waals surface area (Å²) in [6, 6.07) is 0.176. The van der Waals surface area contributed by atoms with Crippen LogP contribution in [-0.4, -0.2) is 39.3 Å². The van der Waals surface area contributed by atoms with Crippen molar-refractivity contribution in [2.75, 3.05) is 27.3 Å². The van der Waals surface area contributed by atoms with Crippen molar-refractivity contribution in [3.8, 4) is 0 Å². The second-order valence-corrected chi connectivity index (χ2v) is 2.65. The Morgan fingerprint density at radius 3 is 2.73 bits per heavy atom. The number of amides is 1. The fraction of sp³-hybridized carbons (Fsp3) is 0.857. The van der Waals surface area contributed by atoms with E-state index >= 15 is 0 Å². The predicted octanol–water partition coefficient (Wildman–Crippen LogP) is -1.03. The molecule has 2 unspecified atom stereocenters. The van der Waals surface area contributed by atoms with E-state index in [4.69, 9.17) is 4.74 Å². The molecule has 4 nitrogen and oxygen atoms in total. The van der Waals surface area contributed by atoms with E-state index in [9.17, 15) is 4.79 Å². The quantitative estimate of drug-likeness (QED) is 0.540. The van der Waals surface area contributed by atoms with Crippen LogP contribution in [0.3, 0.4) is 0 Å². The van der Waals surface area contributed by atoms with Crippen LogP contribution in [0, 0.1) is 5.92 Å². The van der Waals surface area contributed by atoms with E-state index in [1.54, 1.807) is 7.05 Å². The molecule has 11 heavy (non-hydrogen) atoms. The zero-order valence-corrected chi connectivity index (χ0v) is 6.89. The van der Waals surface area contributed by atoms with Crippen LogP contribution >= 0.6 is 0 Å². The lowest BCUT2D eigenvalue weighted by atomic mass is 10.0. The number of carbonyl (C=O) groups is 1. The van der Waals surface area contributed by atoms with Crippen molar-refractivity contribution in [2.45, 2.75) is 6.04 Å². The number of ether oxygens (including phenoxy) is 1. The SMILES string of the molecule is CNC(=O)C1COCC1NC. The van der Waals surface area contributed by atoms with Crippen LogP contribution in [-0.2, 0) is 9.53 Å². The van der Waals surface area contributed by atoms with Gasteiger partial charge in [-0.3, -0.25) is 4.79 Å². The van der Waals surface area contributed by atoms with Crippen molar-refractivity contribution < 1.29 is 9.53 Å². The molecule has 0 aromatic rings. The maximum Gasteiger partial charge on any atom is 0.226 e. The van der Waals surface area contributed by atoms with Crippen molar-refractivity contribution in [1.29, 1.82) is 0 Å². The van der Waals surface area contributed by atoms with Gasteiger partial charge in [-0.1, -0.05) is 0 Å². The van der Waals surface area contributed by atoms with Gasteiger partial charge in [0, 0.05) is 13.1 Å². The van der Waals surface area contributed by atoms with E-state index < -0.39 is 0 Å². The lowest BCUT2D eigenvalue weighted by molar-refractivity contribution is -0.124. The molecule has 1 aliphatic rings. The highest BCUT2D eigenvalue weighted by Gasteiger charge is 2.31. The smallest absolute Gasteiger partial charge is 0.226 e.